The number of ether oxygens (including phenoxy) is 1. The Morgan fingerprint density at radius 3 is 2.50 bits per heavy atom. The van der Waals surface area contributed by atoms with E-state index in [2.05, 4.69) is 16.7 Å². The van der Waals surface area contributed by atoms with E-state index in [9.17, 15) is 9.90 Å². The summed E-state index contributed by atoms with van der Waals surface area (Å²) in [6.45, 7) is 1.96. The first-order valence-electron chi connectivity index (χ1n) is 4.98. The number of aliphatic hydroxyl groups is 1. The van der Waals surface area contributed by atoms with Gasteiger partial charge in [-0.2, -0.15) is 0 Å². The third-order valence-corrected chi connectivity index (χ3v) is 3.13. The molecule has 1 aliphatic heterocycles. The van der Waals surface area contributed by atoms with Crippen molar-refractivity contribution in [3.63, 3.8) is 0 Å². The van der Waals surface area contributed by atoms with Crippen LogP contribution in [-0.2, 0) is 9.53 Å². The quantitative estimate of drug-likeness (QED) is 0.665. The third kappa shape index (κ3) is 2.69. The fourth-order valence-electron chi connectivity index (χ4n) is 1.86. The highest BCUT2D eigenvalue weighted by Crippen LogP contribution is 2.34. The minimum atomic E-state index is -0.237. The maximum absolute atomic E-state index is 11.2. The summed E-state index contributed by atoms with van der Waals surface area (Å²) in [4.78, 5) is 13.4. The maximum atomic E-state index is 11.2. The van der Waals surface area contributed by atoms with Crippen molar-refractivity contribution in [1.29, 1.82) is 0 Å². The van der Waals surface area contributed by atoms with Crippen molar-refractivity contribution in [2.45, 2.75) is 19.3 Å². The highest BCUT2D eigenvalue weighted by atomic mass is 16.5. The topological polar surface area (TPSA) is 49.8 Å². The standard InChI is InChI=1S/C10H19NO3/c1-11-5-3-10(8-12,4-6-11)7-9(13)14-2/h12H,3-8H2,1-2H3. The average Bonchev–Trinajstić information content (AvgIpc) is 2.22. The van der Waals surface area contributed by atoms with Crippen LogP contribution in [0, 0.1) is 5.41 Å². The van der Waals surface area contributed by atoms with E-state index in [-0.39, 0.29) is 18.0 Å². The van der Waals surface area contributed by atoms with Gasteiger partial charge in [0.1, 0.15) is 0 Å². The van der Waals surface area contributed by atoms with Crippen molar-refractivity contribution in [2.24, 2.45) is 5.41 Å². The number of rotatable bonds is 3. The molecule has 14 heavy (non-hydrogen) atoms. The van der Waals surface area contributed by atoms with Crippen LogP contribution in [0.25, 0.3) is 0 Å². The van der Waals surface area contributed by atoms with Crippen LogP contribution >= 0.6 is 0 Å². The number of piperidine rings is 1. The summed E-state index contributed by atoms with van der Waals surface area (Å²) in [6.07, 6.45) is 2.08. The molecule has 0 unspecified atom stereocenters. The maximum Gasteiger partial charge on any atom is 0.306 e. The van der Waals surface area contributed by atoms with Crippen molar-refractivity contribution in [3.05, 3.63) is 0 Å². The smallest absolute Gasteiger partial charge is 0.306 e. The first-order valence-corrected chi connectivity index (χ1v) is 4.98. The van der Waals surface area contributed by atoms with Crippen LogP contribution in [0.3, 0.4) is 0 Å². The zero-order valence-corrected chi connectivity index (χ0v) is 8.95. The third-order valence-electron chi connectivity index (χ3n) is 3.13. The molecule has 0 saturated carbocycles. The Morgan fingerprint density at radius 1 is 1.50 bits per heavy atom. The Kier molecular flexibility index (Phi) is 3.89. The van der Waals surface area contributed by atoms with E-state index in [4.69, 9.17) is 0 Å². The summed E-state index contributed by atoms with van der Waals surface area (Å²) in [5.41, 5.74) is -0.237. The lowest BCUT2D eigenvalue weighted by Crippen LogP contribution is -2.41. The predicted octanol–water partition coefficient (Wildman–Crippen LogP) is 0.254. The molecule has 1 rings (SSSR count). The van der Waals surface area contributed by atoms with Crippen LogP contribution in [-0.4, -0.2) is 49.8 Å². The molecule has 0 aromatic heterocycles. The lowest BCUT2D eigenvalue weighted by Gasteiger charge is -2.38. The highest BCUT2D eigenvalue weighted by molar-refractivity contribution is 5.70. The minimum absolute atomic E-state index is 0.0793. The fraction of sp³-hybridized carbons (Fsp3) is 0.900. The second-order valence-corrected chi connectivity index (χ2v) is 4.21. The number of likely N-dealkylation sites (tertiary alicyclic amines) is 1. The molecule has 1 N–H and O–H groups in total. The predicted molar refractivity (Wildman–Crippen MR) is 52.9 cm³/mol. The van der Waals surface area contributed by atoms with Crippen LogP contribution in [0.5, 0.6) is 0 Å². The Hall–Kier alpha value is -0.610. The van der Waals surface area contributed by atoms with Crippen molar-refractivity contribution in [2.75, 3.05) is 33.9 Å². The molecular weight excluding hydrogens is 182 g/mol. The van der Waals surface area contributed by atoms with Crippen LogP contribution in [0.4, 0.5) is 0 Å². The Balaban J connectivity index is 2.54. The molecule has 4 heteroatoms. The van der Waals surface area contributed by atoms with Crippen molar-refractivity contribution in [3.8, 4) is 0 Å². The number of aliphatic hydroxyl groups excluding tert-OH is 1. The Morgan fingerprint density at radius 2 is 2.07 bits per heavy atom. The van der Waals surface area contributed by atoms with E-state index in [1.54, 1.807) is 0 Å². The summed E-state index contributed by atoms with van der Waals surface area (Å²) in [5, 5.41) is 9.35. The van der Waals surface area contributed by atoms with Gasteiger partial charge in [0.25, 0.3) is 0 Å². The van der Waals surface area contributed by atoms with Crippen LogP contribution < -0.4 is 0 Å². The normalized spacial score (nSPS) is 21.9. The summed E-state index contributed by atoms with van der Waals surface area (Å²) >= 11 is 0. The molecule has 0 aromatic carbocycles. The zero-order chi connectivity index (χ0) is 10.6. The van der Waals surface area contributed by atoms with Gasteiger partial charge in [-0.15, -0.1) is 0 Å². The van der Waals surface area contributed by atoms with Crippen LogP contribution in [0.15, 0.2) is 0 Å². The van der Waals surface area contributed by atoms with E-state index in [0.29, 0.717) is 6.42 Å². The molecule has 82 valence electrons. The molecule has 0 spiro atoms. The molecule has 0 aromatic rings. The van der Waals surface area contributed by atoms with Gasteiger partial charge in [-0.25, -0.2) is 0 Å². The fourth-order valence-corrected chi connectivity index (χ4v) is 1.86. The van der Waals surface area contributed by atoms with Crippen LogP contribution in [0.1, 0.15) is 19.3 Å². The van der Waals surface area contributed by atoms with Gasteiger partial charge in [-0.05, 0) is 33.0 Å². The Labute approximate surface area is 84.8 Å². The number of hydrogen-bond donors (Lipinski definition) is 1. The number of methoxy groups -OCH3 is 1. The SMILES string of the molecule is COC(=O)CC1(CO)CCN(C)CC1. The average molecular weight is 201 g/mol. The van der Waals surface area contributed by atoms with E-state index in [1.165, 1.54) is 7.11 Å². The molecule has 1 aliphatic rings. The molecule has 0 aliphatic carbocycles. The molecule has 1 saturated heterocycles. The zero-order valence-electron chi connectivity index (χ0n) is 8.95. The summed E-state index contributed by atoms with van der Waals surface area (Å²) in [5.74, 6) is -0.219. The van der Waals surface area contributed by atoms with Gasteiger partial charge < -0.3 is 14.7 Å². The number of esters is 1. The molecular formula is C10H19NO3. The molecule has 0 bridgehead atoms. The van der Waals surface area contributed by atoms with Gasteiger partial charge >= 0.3 is 5.97 Å². The van der Waals surface area contributed by atoms with Crippen molar-refractivity contribution >= 4 is 5.97 Å². The second kappa shape index (κ2) is 4.75. The lowest BCUT2D eigenvalue weighted by molar-refractivity contribution is -0.145. The Bertz CT molecular complexity index is 198. The molecule has 1 fully saturated rings. The molecule has 4 nitrogen and oxygen atoms in total. The van der Waals surface area contributed by atoms with Crippen LogP contribution in [0.2, 0.25) is 0 Å². The van der Waals surface area contributed by atoms with Crippen molar-refractivity contribution in [1.82, 2.24) is 4.90 Å². The summed E-state index contributed by atoms with van der Waals surface area (Å²) in [7, 11) is 3.45. The first kappa shape index (κ1) is 11.5. The minimum Gasteiger partial charge on any atom is -0.469 e. The first-order chi connectivity index (χ1) is 6.62. The molecule has 0 atom stereocenters. The number of carbonyl (C=O) groups excluding carboxylic acids is 1. The molecule has 0 amide bonds. The molecule has 1 heterocycles. The van der Waals surface area contributed by atoms with Gasteiger partial charge in [0, 0.05) is 12.0 Å². The monoisotopic (exact) mass is 201 g/mol. The summed E-state index contributed by atoms with van der Waals surface area (Å²) in [6, 6.07) is 0. The van der Waals surface area contributed by atoms with Crippen molar-refractivity contribution < 1.29 is 14.6 Å². The van der Waals surface area contributed by atoms with E-state index in [1.807, 2.05) is 0 Å². The molecule has 0 radical (unpaired) electrons. The largest absolute Gasteiger partial charge is 0.469 e. The van der Waals surface area contributed by atoms with Gasteiger partial charge in [0.05, 0.1) is 13.5 Å². The lowest BCUT2D eigenvalue weighted by atomic mass is 9.76. The number of hydrogen-bond acceptors (Lipinski definition) is 4. The summed E-state index contributed by atoms with van der Waals surface area (Å²) < 4.78 is 4.64. The number of nitrogens with zero attached hydrogens (tertiary/aromatic N) is 1. The highest BCUT2D eigenvalue weighted by Gasteiger charge is 2.35. The van der Waals surface area contributed by atoms with Gasteiger partial charge in [0.2, 0.25) is 0 Å². The number of carbonyl (C=O) groups is 1. The van der Waals surface area contributed by atoms with Gasteiger partial charge in [-0.1, -0.05) is 0 Å². The van der Waals surface area contributed by atoms with Gasteiger partial charge in [0.15, 0.2) is 0 Å². The van der Waals surface area contributed by atoms with E-state index >= 15 is 0 Å². The van der Waals surface area contributed by atoms with E-state index < -0.39 is 0 Å². The second-order valence-electron chi connectivity index (χ2n) is 4.21. The van der Waals surface area contributed by atoms with Gasteiger partial charge in [-0.3, -0.25) is 4.79 Å². The van der Waals surface area contributed by atoms with E-state index in [0.717, 1.165) is 25.9 Å².